The maximum Gasteiger partial charge on any atom is 0.315 e. The molecule has 3 aliphatic rings. The first-order valence-corrected chi connectivity index (χ1v) is 18.1. The second-order valence-electron chi connectivity index (χ2n) is 14.9. The highest BCUT2D eigenvalue weighted by atomic mass is 32.2. The van der Waals surface area contributed by atoms with Crippen LogP contribution in [0.25, 0.3) is 0 Å². The van der Waals surface area contributed by atoms with Gasteiger partial charge in [-0.1, -0.05) is 60.0 Å². The molecule has 1 heterocycles. The van der Waals surface area contributed by atoms with Gasteiger partial charge in [0.15, 0.2) is 0 Å². The molecule has 5 amide bonds. The second-order valence-corrected chi connectivity index (χ2v) is 17.0. The molecular formula is C33H51N5O7S. The molecule has 5 atom stereocenters. The number of ketones is 1. The molecule has 1 aliphatic heterocycles. The van der Waals surface area contributed by atoms with Crippen LogP contribution < -0.4 is 21.3 Å². The second kappa shape index (κ2) is 14.2. The van der Waals surface area contributed by atoms with Crippen LogP contribution in [0.15, 0.2) is 12.7 Å². The zero-order chi connectivity index (χ0) is 34.7. The lowest BCUT2D eigenvalue weighted by atomic mass is 9.83. The van der Waals surface area contributed by atoms with E-state index < -0.39 is 68.5 Å². The molecule has 0 radical (unpaired) electrons. The van der Waals surface area contributed by atoms with Gasteiger partial charge in [-0.25, -0.2) is 13.2 Å². The van der Waals surface area contributed by atoms with Crippen LogP contribution >= 0.6 is 0 Å². The van der Waals surface area contributed by atoms with Crippen molar-refractivity contribution < 1.29 is 32.4 Å². The van der Waals surface area contributed by atoms with Crippen molar-refractivity contribution >= 4 is 39.4 Å². The van der Waals surface area contributed by atoms with E-state index in [1.165, 1.54) is 11.0 Å². The monoisotopic (exact) mass is 661 g/mol. The number of nitrogens with zero attached hydrogens (tertiary/aromatic N) is 1. The zero-order valence-electron chi connectivity index (χ0n) is 28.0. The van der Waals surface area contributed by atoms with Gasteiger partial charge in [0, 0.05) is 25.8 Å². The Morgan fingerprint density at radius 1 is 1.09 bits per heavy atom. The minimum absolute atomic E-state index is 0.0256. The fourth-order valence-electron chi connectivity index (χ4n) is 7.24. The van der Waals surface area contributed by atoms with Gasteiger partial charge in [0.25, 0.3) is 5.91 Å². The van der Waals surface area contributed by atoms with Gasteiger partial charge in [0.2, 0.25) is 17.6 Å². The van der Waals surface area contributed by atoms with Crippen molar-refractivity contribution in [3.05, 3.63) is 12.7 Å². The predicted octanol–water partition coefficient (Wildman–Crippen LogP) is 1.70. The minimum Gasteiger partial charge on any atom is -0.346 e. The Morgan fingerprint density at radius 2 is 1.72 bits per heavy atom. The van der Waals surface area contributed by atoms with Crippen LogP contribution in [0.3, 0.4) is 0 Å². The van der Waals surface area contributed by atoms with E-state index >= 15 is 0 Å². The summed E-state index contributed by atoms with van der Waals surface area (Å²) in [5.41, 5.74) is -1.94. The van der Waals surface area contributed by atoms with Crippen molar-refractivity contribution in [2.24, 2.45) is 22.7 Å². The number of hydrogen-bond donors (Lipinski definition) is 4. The van der Waals surface area contributed by atoms with Crippen LogP contribution in [0.5, 0.6) is 0 Å². The molecule has 0 aromatic heterocycles. The molecule has 0 aromatic carbocycles. The SMILES string of the molecule is C#CCCC(NC(=O)[C@@H]1[C@@H]2[C@H](CN1C(=O)[C@@H](NC(=O)NC1(CS(C)(=O)=O)CCCCC1)C(C)(C)C)C2(C)C)C(=O)C(=O)NCC=C. The van der Waals surface area contributed by atoms with Crippen molar-refractivity contribution in [2.75, 3.05) is 25.1 Å². The molecule has 256 valence electrons. The molecule has 46 heavy (non-hydrogen) atoms. The Labute approximate surface area is 273 Å². The summed E-state index contributed by atoms with van der Waals surface area (Å²) in [7, 11) is -3.40. The molecule has 3 rings (SSSR count). The summed E-state index contributed by atoms with van der Waals surface area (Å²) in [6.07, 6.45) is 11.7. The normalized spacial score (nSPS) is 24.3. The van der Waals surface area contributed by atoms with E-state index in [9.17, 15) is 32.4 Å². The van der Waals surface area contributed by atoms with Gasteiger partial charge in [-0.2, -0.15) is 0 Å². The summed E-state index contributed by atoms with van der Waals surface area (Å²) in [4.78, 5) is 68.6. The lowest BCUT2D eigenvalue weighted by molar-refractivity contribution is -0.145. The smallest absolute Gasteiger partial charge is 0.315 e. The molecule has 12 nitrogen and oxygen atoms in total. The number of nitrogens with one attached hydrogen (secondary N) is 4. The molecule has 13 heteroatoms. The first-order chi connectivity index (χ1) is 21.3. The molecule has 3 fully saturated rings. The molecule has 1 unspecified atom stereocenters. The fraction of sp³-hybridized carbons (Fsp3) is 0.727. The number of amides is 5. The van der Waals surface area contributed by atoms with Crippen molar-refractivity contribution in [3.63, 3.8) is 0 Å². The van der Waals surface area contributed by atoms with Gasteiger partial charge in [-0.15, -0.1) is 18.9 Å². The van der Waals surface area contributed by atoms with Crippen molar-refractivity contribution in [3.8, 4) is 12.3 Å². The third kappa shape index (κ3) is 8.69. The van der Waals surface area contributed by atoms with E-state index in [0.29, 0.717) is 12.8 Å². The van der Waals surface area contributed by atoms with Crippen LogP contribution in [0.2, 0.25) is 0 Å². The number of carbonyl (C=O) groups is 5. The number of hydrogen-bond acceptors (Lipinski definition) is 7. The van der Waals surface area contributed by atoms with Crippen molar-refractivity contribution in [1.29, 1.82) is 0 Å². The summed E-state index contributed by atoms with van der Waals surface area (Å²) >= 11 is 0. The Bertz CT molecular complexity index is 1370. The maximum atomic E-state index is 14.3. The quantitative estimate of drug-likeness (QED) is 0.132. The number of fused-ring (bicyclic) bond motifs is 1. The van der Waals surface area contributed by atoms with Gasteiger partial charge in [0.1, 0.15) is 21.9 Å². The molecule has 2 aliphatic carbocycles. The molecule has 1 saturated heterocycles. The Morgan fingerprint density at radius 3 is 2.26 bits per heavy atom. The highest BCUT2D eigenvalue weighted by molar-refractivity contribution is 7.90. The topological polar surface area (TPSA) is 171 Å². The number of rotatable bonds is 13. The minimum atomic E-state index is -3.40. The highest BCUT2D eigenvalue weighted by Crippen LogP contribution is 2.65. The largest absolute Gasteiger partial charge is 0.346 e. The third-order valence-electron chi connectivity index (χ3n) is 9.72. The van der Waals surface area contributed by atoms with E-state index in [-0.39, 0.29) is 48.9 Å². The maximum absolute atomic E-state index is 14.3. The van der Waals surface area contributed by atoms with E-state index in [1.807, 2.05) is 13.8 Å². The van der Waals surface area contributed by atoms with Crippen LogP contribution in [0.1, 0.15) is 79.6 Å². The van der Waals surface area contributed by atoms with Crippen LogP contribution in [-0.2, 0) is 29.0 Å². The van der Waals surface area contributed by atoms with Crippen LogP contribution in [0.4, 0.5) is 4.79 Å². The zero-order valence-corrected chi connectivity index (χ0v) is 28.8. The van der Waals surface area contributed by atoms with E-state index in [1.54, 1.807) is 20.8 Å². The van der Waals surface area contributed by atoms with Gasteiger partial charge in [0.05, 0.1) is 17.3 Å². The first kappa shape index (κ1) is 37.1. The number of piperidine rings is 1. The predicted molar refractivity (Wildman–Crippen MR) is 175 cm³/mol. The Hall–Kier alpha value is -3.40. The standard InChI is InChI=1S/C33H51N5O7S/c1-9-11-15-22(25(39)28(41)34-18-10-2)35-27(40)24-23-21(32(23,6)7)19-38(24)29(42)26(31(3,4)5)36-30(43)37-33(20-46(8,44)45)16-13-12-14-17-33/h1,10,21-24,26H,2,11-20H2,3-8H3,(H,34,41)(H,35,40)(H2,36,37,43)/t21-,22?,23-,24-,26+/m0/s1. The molecule has 0 spiro atoms. The third-order valence-corrected chi connectivity index (χ3v) is 10.8. The number of urea groups is 1. The van der Waals surface area contributed by atoms with Gasteiger partial charge in [-0.05, 0) is 41.9 Å². The lowest BCUT2D eigenvalue weighted by Gasteiger charge is -2.40. The van der Waals surface area contributed by atoms with Crippen molar-refractivity contribution in [2.45, 2.75) is 103 Å². The van der Waals surface area contributed by atoms with E-state index in [2.05, 4.69) is 33.8 Å². The van der Waals surface area contributed by atoms with Crippen LogP contribution in [0, 0.1) is 35.0 Å². The fourth-order valence-corrected chi connectivity index (χ4v) is 8.60. The number of likely N-dealkylation sites (tertiary alicyclic amines) is 1. The highest BCUT2D eigenvalue weighted by Gasteiger charge is 2.70. The summed E-state index contributed by atoms with van der Waals surface area (Å²) < 4.78 is 24.5. The van der Waals surface area contributed by atoms with E-state index in [0.717, 1.165) is 25.5 Å². The average Bonchev–Trinajstić information content (AvgIpc) is 3.26. The van der Waals surface area contributed by atoms with Crippen LogP contribution in [-0.4, -0.2) is 91.6 Å². The molecular weight excluding hydrogens is 610 g/mol. The van der Waals surface area contributed by atoms with E-state index in [4.69, 9.17) is 6.42 Å². The summed E-state index contributed by atoms with van der Waals surface area (Å²) in [6.45, 7) is 13.3. The Kier molecular flexibility index (Phi) is 11.4. The van der Waals surface area contributed by atoms with Crippen molar-refractivity contribution in [1.82, 2.24) is 26.2 Å². The first-order valence-electron chi connectivity index (χ1n) is 16.0. The Balaban J connectivity index is 1.85. The summed E-state index contributed by atoms with van der Waals surface area (Å²) in [5.74, 6) is -0.665. The van der Waals surface area contributed by atoms with Gasteiger partial charge in [-0.3, -0.25) is 19.2 Å². The van der Waals surface area contributed by atoms with Gasteiger partial charge >= 0.3 is 6.03 Å². The lowest BCUT2D eigenvalue weighted by Crippen LogP contribution is -2.63. The molecule has 0 aromatic rings. The number of sulfone groups is 1. The summed E-state index contributed by atoms with van der Waals surface area (Å²) in [6, 6.07) is -3.81. The number of terminal acetylenes is 1. The summed E-state index contributed by atoms with van der Waals surface area (Å²) in [5, 5.41) is 10.9. The molecule has 0 bridgehead atoms. The number of carbonyl (C=O) groups excluding carboxylic acids is 5. The number of Topliss-reactive ketones (excluding diaryl/α,β-unsaturated/α-hetero) is 1. The molecule has 4 N–H and O–H groups in total. The molecule has 2 saturated carbocycles. The van der Waals surface area contributed by atoms with Gasteiger partial charge < -0.3 is 26.2 Å². The average molecular weight is 662 g/mol.